The Labute approximate surface area is 175 Å². The molecule has 2 heterocycles. The minimum absolute atomic E-state index is 0.0123. The van der Waals surface area contributed by atoms with Gasteiger partial charge in [0.1, 0.15) is 0 Å². The summed E-state index contributed by atoms with van der Waals surface area (Å²) in [6.45, 7) is 4.15. The number of hydrogen-bond donors (Lipinski definition) is 1. The van der Waals surface area contributed by atoms with Crippen molar-refractivity contribution in [1.82, 2.24) is 25.1 Å². The molecule has 4 rings (SSSR count). The molecule has 1 aromatic carbocycles. The SMILES string of the molecule is CC[C@H](NC(=O)CSc1nnc(-c2ccncc2)n1C1CC1)c1ccc(C)cc1. The minimum Gasteiger partial charge on any atom is -0.349 e. The second-order valence-corrected chi connectivity index (χ2v) is 8.31. The molecule has 0 unspecified atom stereocenters. The van der Waals surface area contributed by atoms with Crippen molar-refractivity contribution in [2.75, 3.05) is 5.75 Å². The number of pyridine rings is 1. The summed E-state index contributed by atoms with van der Waals surface area (Å²) in [6, 6.07) is 12.7. The number of hydrogen-bond acceptors (Lipinski definition) is 5. The number of carbonyl (C=O) groups is 1. The molecule has 1 amide bonds. The fourth-order valence-corrected chi connectivity index (χ4v) is 4.14. The fourth-order valence-electron chi connectivity index (χ4n) is 3.32. The Kier molecular flexibility index (Phi) is 5.94. The van der Waals surface area contributed by atoms with Crippen LogP contribution in [0.4, 0.5) is 0 Å². The van der Waals surface area contributed by atoms with Crippen molar-refractivity contribution in [3.05, 3.63) is 59.9 Å². The molecule has 0 spiro atoms. The number of amides is 1. The Morgan fingerprint density at radius 2 is 1.90 bits per heavy atom. The van der Waals surface area contributed by atoms with E-state index < -0.39 is 0 Å². The van der Waals surface area contributed by atoms with E-state index in [4.69, 9.17) is 0 Å². The molecule has 0 aliphatic heterocycles. The molecule has 6 nitrogen and oxygen atoms in total. The minimum atomic E-state index is 0.0123. The number of thioether (sulfide) groups is 1. The van der Waals surface area contributed by atoms with Crippen LogP contribution in [0.1, 0.15) is 49.4 Å². The van der Waals surface area contributed by atoms with E-state index in [0.717, 1.165) is 41.4 Å². The topological polar surface area (TPSA) is 72.7 Å². The maximum Gasteiger partial charge on any atom is 0.230 e. The van der Waals surface area contributed by atoms with Crippen molar-refractivity contribution < 1.29 is 4.79 Å². The Balaban J connectivity index is 1.43. The Morgan fingerprint density at radius 3 is 2.55 bits per heavy atom. The first-order valence-electron chi connectivity index (χ1n) is 9.99. The van der Waals surface area contributed by atoms with Gasteiger partial charge in [-0.3, -0.25) is 14.3 Å². The molecule has 0 bridgehead atoms. The first-order chi connectivity index (χ1) is 14.2. The number of nitrogens with zero attached hydrogens (tertiary/aromatic N) is 4. The van der Waals surface area contributed by atoms with E-state index in [9.17, 15) is 4.79 Å². The van der Waals surface area contributed by atoms with E-state index in [-0.39, 0.29) is 11.9 Å². The highest BCUT2D eigenvalue weighted by Crippen LogP contribution is 2.40. The van der Waals surface area contributed by atoms with Gasteiger partial charge in [-0.05, 0) is 43.9 Å². The molecule has 0 radical (unpaired) electrons. The number of carbonyl (C=O) groups excluding carboxylic acids is 1. The van der Waals surface area contributed by atoms with Crippen LogP contribution in [-0.2, 0) is 4.79 Å². The van der Waals surface area contributed by atoms with E-state index in [1.807, 2.05) is 12.1 Å². The normalized spacial score (nSPS) is 14.6. The Hall–Kier alpha value is -2.67. The molecular formula is C22H25N5OS. The lowest BCUT2D eigenvalue weighted by Gasteiger charge is -2.17. The van der Waals surface area contributed by atoms with Gasteiger partial charge < -0.3 is 5.32 Å². The fraction of sp³-hybridized carbons (Fsp3) is 0.364. The molecule has 1 aliphatic carbocycles. The third kappa shape index (κ3) is 4.67. The maximum absolute atomic E-state index is 12.6. The average Bonchev–Trinajstić information content (AvgIpc) is 3.50. The summed E-state index contributed by atoms with van der Waals surface area (Å²) >= 11 is 1.45. The lowest BCUT2D eigenvalue weighted by Crippen LogP contribution is -2.29. The number of nitrogens with one attached hydrogen (secondary N) is 1. The lowest BCUT2D eigenvalue weighted by molar-refractivity contribution is -0.119. The number of aryl methyl sites for hydroxylation is 1. The van der Waals surface area contributed by atoms with Gasteiger partial charge in [-0.2, -0.15) is 0 Å². The van der Waals surface area contributed by atoms with E-state index in [1.165, 1.54) is 17.3 Å². The Bertz CT molecular complexity index is 967. The predicted molar refractivity (Wildman–Crippen MR) is 115 cm³/mol. The third-order valence-corrected chi connectivity index (χ3v) is 6.01. The van der Waals surface area contributed by atoms with E-state index >= 15 is 0 Å². The molecule has 7 heteroatoms. The molecule has 1 atom stereocenters. The van der Waals surface area contributed by atoms with Gasteiger partial charge in [-0.15, -0.1) is 10.2 Å². The monoisotopic (exact) mass is 407 g/mol. The van der Waals surface area contributed by atoms with Gasteiger partial charge in [0.25, 0.3) is 0 Å². The summed E-state index contributed by atoms with van der Waals surface area (Å²) < 4.78 is 2.17. The first-order valence-corrected chi connectivity index (χ1v) is 11.0. The molecule has 150 valence electrons. The zero-order valence-electron chi connectivity index (χ0n) is 16.7. The van der Waals surface area contributed by atoms with Gasteiger partial charge in [0.15, 0.2) is 11.0 Å². The van der Waals surface area contributed by atoms with Crippen LogP contribution in [0.2, 0.25) is 0 Å². The number of aromatic nitrogens is 4. The highest BCUT2D eigenvalue weighted by Gasteiger charge is 2.30. The smallest absolute Gasteiger partial charge is 0.230 e. The second kappa shape index (κ2) is 8.78. The van der Waals surface area contributed by atoms with Crippen LogP contribution < -0.4 is 5.32 Å². The molecular weight excluding hydrogens is 382 g/mol. The van der Waals surface area contributed by atoms with Gasteiger partial charge in [0.05, 0.1) is 11.8 Å². The quantitative estimate of drug-likeness (QED) is 0.562. The van der Waals surface area contributed by atoms with Crippen molar-refractivity contribution >= 4 is 17.7 Å². The van der Waals surface area contributed by atoms with Gasteiger partial charge in [-0.1, -0.05) is 48.5 Å². The zero-order chi connectivity index (χ0) is 20.2. The number of benzene rings is 1. The highest BCUT2D eigenvalue weighted by molar-refractivity contribution is 7.99. The molecule has 29 heavy (non-hydrogen) atoms. The van der Waals surface area contributed by atoms with E-state index in [2.05, 4.69) is 63.2 Å². The molecule has 3 aromatic rings. The summed E-state index contributed by atoms with van der Waals surface area (Å²) in [5.41, 5.74) is 3.36. The summed E-state index contributed by atoms with van der Waals surface area (Å²) in [7, 11) is 0. The maximum atomic E-state index is 12.6. The van der Waals surface area contributed by atoms with Gasteiger partial charge in [0.2, 0.25) is 5.91 Å². The van der Waals surface area contributed by atoms with Crippen LogP contribution in [0.3, 0.4) is 0 Å². The largest absolute Gasteiger partial charge is 0.349 e. The Morgan fingerprint density at radius 1 is 1.17 bits per heavy atom. The molecule has 0 saturated heterocycles. The first kappa shape index (κ1) is 19.6. The highest BCUT2D eigenvalue weighted by atomic mass is 32.2. The van der Waals surface area contributed by atoms with Crippen LogP contribution in [0.5, 0.6) is 0 Å². The second-order valence-electron chi connectivity index (χ2n) is 7.37. The van der Waals surface area contributed by atoms with Crippen LogP contribution in [0.15, 0.2) is 53.9 Å². The van der Waals surface area contributed by atoms with E-state index in [0.29, 0.717) is 11.8 Å². The zero-order valence-corrected chi connectivity index (χ0v) is 17.5. The van der Waals surface area contributed by atoms with Gasteiger partial charge in [0, 0.05) is 24.0 Å². The van der Waals surface area contributed by atoms with Crippen LogP contribution in [0, 0.1) is 6.92 Å². The summed E-state index contributed by atoms with van der Waals surface area (Å²) in [4.78, 5) is 16.7. The average molecular weight is 408 g/mol. The van der Waals surface area contributed by atoms with Gasteiger partial charge >= 0.3 is 0 Å². The van der Waals surface area contributed by atoms with E-state index in [1.54, 1.807) is 12.4 Å². The standard InChI is InChI=1S/C22H25N5OS/c1-3-19(16-6-4-15(2)5-7-16)24-20(28)14-29-22-26-25-21(27(22)18-8-9-18)17-10-12-23-13-11-17/h4-7,10-13,18-19H,3,8-9,14H2,1-2H3,(H,24,28)/t19-/m0/s1. The molecule has 1 aliphatic rings. The third-order valence-electron chi connectivity index (χ3n) is 5.07. The van der Waals surface area contributed by atoms with Crippen molar-refractivity contribution in [1.29, 1.82) is 0 Å². The van der Waals surface area contributed by atoms with Crippen LogP contribution in [0.25, 0.3) is 11.4 Å². The van der Waals surface area contributed by atoms with Gasteiger partial charge in [-0.25, -0.2) is 0 Å². The molecule has 1 fully saturated rings. The van der Waals surface area contributed by atoms with Crippen molar-refractivity contribution in [2.24, 2.45) is 0 Å². The van der Waals surface area contributed by atoms with Crippen molar-refractivity contribution in [3.63, 3.8) is 0 Å². The van der Waals surface area contributed by atoms with Crippen LogP contribution >= 0.6 is 11.8 Å². The summed E-state index contributed by atoms with van der Waals surface area (Å²) in [6.07, 6.45) is 6.63. The molecule has 2 aromatic heterocycles. The number of rotatable bonds is 8. The van der Waals surface area contributed by atoms with Crippen LogP contribution in [-0.4, -0.2) is 31.4 Å². The lowest BCUT2D eigenvalue weighted by atomic mass is 10.0. The van der Waals surface area contributed by atoms with Crippen molar-refractivity contribution in [2.45, 2.75) is 50.4 Å². The van der Waals surface area contributed by atoms with Crippen molar-refractivity contribution in [3.8, 4) is 11.4 Å². The molecule has 1 saturated carbocycles. The molecule has 1 N–H and O–H groups in total. The predicted octanol–water partition coefficient (Wildman–Crippen LogP) is 4.34. The summed E-state index contributed by atoms with van der Waals surface area (Å²) in [5.74, 6) is 1.19. The summed E-state index contributed by atoms with van der Waals surface area (Å²) in [5, 5.41) is 12.7.